The first-order valence-electron chi connectivity index (χ1n) is 4.84. The predicted octanol–water partition coefficient (Wildman–Crippen LogP) is 1.61. The maximum atomic E-state index is 12.8. The van der Waals surface area contributed by atoms with Crippen LogP contribution in [0.4, 0.5) is 9.18 Å². The minimum absolute atomic E-state index is 0.199. The average Bonchev–Trinajstić information content (AvgIpc) is 2.21. The predicted molar refractivity (Wildman–Crippen MR) is 57.3 cm³/mol. The van der Waals surface area contributed by atoms with Gasteiger partial charge in [0.2, 0.25) is 0 Å². The van der Waals surface area contributed by atoms with Crippen molar-refractivity contribution in [2.24, 2.45) is 0 Å². The summed E-state index contributed by atoms with van der Waals surface area (Å²) in [6, 6.07) is 4.47. The fraction of sp³-hybridized carbons (Fsp3) is 0.364. The zero-order chi connectivity index (χ0) is 11.3. The Morgan fingerprint density at radius 3 is 2.80 bits per heavy atom. The molecule has 1 rings (SSSR count). The van der Waals surface area contributed by atoms with Gasteiger partial charge in [0.05, 0.1) is 0 Å². The number of hydrogen-bond donors (Lipinski definition) is 2. The Morgan fingerprint density at radius 1 is 1.47 bits per heavy atom. The lowest BCUT2D eigenvalue weighted by Crippen LogP contribution is -2.34. The van der Waals surface area contributed by atoms with Crippen molar-refractivity contribution in [2.45, 2.75) is 13.3 Å². The van der Waals surface area contributed by atoms with Crippen LogP contribution < -0.4 is 10.6 Å². The van der Waals surface area contributed by atoms with Gasteiger partial charge in [-0.2, -0.15) is 0 Å². The summed E-state index contributed by atoms with van der Waals surface area (Å²) in [6.45, 7) is 2.41. The molecular weight excluding hydrogens is 195 g/mol. The number of benzene rings is 1. The topological polar surface area (TPSA) is 41.1 Å². The molecule has 0 aliphatic heterocycles. The van der Waals surface area contributed by atoms with E-state index < -0.39 is 0 Å². The molecule has 2 amide bonds. The Hall–Kier alpha value is -1.58. The molecule has 0 aromatic heterocycles. The zero-order valence-corrected chi connectivity index (χ0v) is 8.93. The van der Waals surface area contributed by atoms with Gasteiger partial charge in [0.1, 0.15) is 5.82 Å². The average molecular weight is 210 g/mol. The number of nitrogens with one attached hydrogen (secondary N) is 2. The molecule has 0 saturated carbocycles. The lowest BCUT2D eigenvalue weighted by Gasteiger charge is -2.07. The highest BCUT2D eigenvalue weighted by Crippen LogP contribution is 2.10. The zero-order valence-electron chi connectivity index (χ0n) is 8.93. The maximum absolute atomic E-state index is 12.8. The summed E-state index contributed by atoms with van der Waals surface area (Å²) in [6.07, 6.45) is 0.708. The number of aryl methyl sites for hydroxylation is 1. The van der Waals surface area contributed by atoms with Crippen LogP contribution in [0.1, 0.15) is 11.1 Å². The molecule has 15 heavy (non-hydrogen) atoms. The van der Waals surface area contributed by atoms with Gasteiger partial charge in [0, 0.05) is 13.6 Å². The van der Waals surface area contributed by atoms with Crippen molar-refractivity contribution in [3.05, 3.63) is 35.1 Å². The molecule has 0 spiro atoms. The van der Waals surface area contributed by atoms with Gasteiger partial charge >= 0.3 is 6.03 Å². The third-order valence-corrected chi connectivity index (χ3v) is 2.21. The molecule has 0 unspecified atom stereocenters. The molecule has 0 radical (unpaired) electrons. The van der Waals surface area contributed by atoms with E-state index in [1.165, 1.54) is 12.1 Å². The number of halogens is 1. The fourth-order valence-corrected chi connectivity index (χ4v) is 1.34. The number of hydrogen-bond acceptors (Lipinski definition) is 1. The summed E-state index contributed by atoms with van der Waals surface area (Å²) in [5.41, 5.74) is 1.96. The molecule has 0 fully saturated rings. The lowest BCUT2D eigenvalue weighted by molar-refractivity contribution is 0.243. The highest BCUT2D eigenvalue weighted by molar-refractivity contribution is 5.73. The van der Waals surface area contributed by atoms with E-state index in [1.807, 2.05) is 6.92 Å². The van der Waals surface area contributed by atoms with E-state index in [0.29, 0.717) is 13.0 Å². The van der Waals surface area contributed by atoms with E-state index in [9.17, 15) is 9.18 Å². The monoisotopic (exact) mass is 210 g/mol. The Kier molecular flexibility index (Phi) is 4.09. The van der Waals surface area contributed by atoms with Crippen molar-refractivity contribution < 1.29 is 9.18 Å². The highest BCUT2D eigenvalue weighted by Gasteiger charge is 2.01. The summed E-state index contributed by atoms with van der Waals surface area (Å²) >= 11 is 0. The fourth-order valence-electron chi connectivity index (χ4n) is 1.34. The van der Waals surface area contributed by atoms with Crippen molar-refractivity contribution in [3.8, 4) is 0 Å². The molecule has 1 aromatic carbocycles. The molecule has 0 heterocycles. The third kappa shape index (κ3) is 3.58. The molecule has 0 aliphatic carbocycles. The SMILES string of the molecule is CNC(=O)NCCc1ccc(F)cc1C. The van der Waals surface area contributed by atoms with Gasteiger partial charge < -0.3 is 10.6 Å². The largest absolute Gasteiger partial charge is 0.341 e. The summed E-state index contributed by atoms with van der Waals surface area (Å²) in [4.78, 5) is 10.9. The normalized spacial score (nSPS) is 9.80. The summed E-state index contributed by atoms with van der Waals surface area (Å²) in [5.74, 6) is -0.226. The number of urea groups is 1. The standard InChI is InChI=1S/C11H15FN2O/c1-8-7-10(12)4-3-9(8)5-6-14-11(15)13-2/h3-4,7H,5-6H2,1-2H3,(H2,13,14,15). The Bertz CT molecular complexity index is 352. The van der Waals surface area contributed by atoms with Crippen LogP contribution in [0.25, 0.3) is 0 Å². The summed E-state index contributed by atoms with van der Waals surface area (Å²) in [7, 11) is 1.57. The lowest BCUT2D eigenvalue weighted by atomic mass is 10.1. The van der Waals surface area contributed by atoms with Crippen LogP contribution in [0.5, 0.6) is 0 Å². The number of carbonyl (C=O) groups is 1. The highest BCUT2D eigenvalue weighted by atomic mass is 19.1. The molecule has 2 N–H and O–H groups in total. The Labute approximate surface area is 88.7 Å². The summed E-state index contributed by atoms with van der Waals surface area (Å²) in [5, 5.41) is 5.14. The van der Waals surface area contributed by atoms with E-state index in [0.717, 1.165) is 11.1 Å². The van der Waals surface area contributed by atoms with E-state index in [-0.39, 0.29) is 11.8 Å². The first kappa shape index (κ1) is 11.5. The molecule has 0 saturated heterocycles. The van der Waals surface area contributed by atoms with Crippen LogP contribution in [0.15, 0.2) is 18.2 Å². The molecule has 4 heteroatoms. The number of amides is 2. The molecule has 0 bridgehead atoms. The quantitative estimate of drug-likeness (QED) is 0.781. The Morgan fingerprint density at radius 2 is 2.20 bits per heavy atom. The van der Waals surface area contributed by atoms with Crippen molar-refractivity contribution in [2.75, 3.05) is 13.6 Å². The number of rotatable bonds is 3. The van der Waals surface area contributed by atoms with Crippen LogP contribution in [0.2, 0.25) is 0 Å². The molecule has 3 nitrogen and oxygen atoms in total. The van der Waals surface area contributed by atoms with Gasteiger partial charge in [-0.05, 0) is 36.6 Å². The minimum Gasteiger partial charge on any atom is -0.341 e. The first-order valence-corrected chi connectivity index (χ1v) is 4.84. The molecule has 0 aliphatic rings. The maximum Gasteiger partial charge on any atom is 0.314 e. The van der Waals surface area contributed by atoms with Crippen LogP contribution in [-0.4, -0.2) is 19.6 Å². The molecule has 0 atom stereocenters. The number of carbonyl (C=O) groups excluding carboxylic acids is 1. The van der Waals surface area contributed by atoms with Crippen LogP contribution in [-0.2, 0) is 6.42 Å². The third-order valence-electron chi connectivity index (χ3n) is 2.21. The van der Waals surface area contributed by atoms with Crippen molar-refractivity contribution in [1.82, 2.24) is 10.6 Å². The van der Waals surface area contributed by atoms with E-state index in [2.05, 4.69) is 10.6 Å². The smallest absolute Gasteiger partial charge is 0.314 e. The van der Waals surface area contributed by atoms with E-state index >= 15 is 0 Å². The Balaban J connectivity index is 2.47. The van der Waals surface area contributed by atoms with Crippen molar-refractivity contribution in [1.29, 1.82) is 0 Å². The van der Waals surface area contributed by atoms with Crippen LogP contribution >= 0.6 is 0 Å². The van der Waals surface area contributed by atoms with Crippen molar-refractivity contribution >= 4 is 6.03 Å². The van der Waals surface area contributed by atoms with Gasteiger partial charge in [0.25, 0.3) is 0 Å². The van der Waals surface area contributed by atoms with Crippen molar-refractivity contribution in [3.63, 3.8) is 0 Å². The van der Waals surface area contributed by atoms with Gasteiger partial charge in [-0.3, -0.25) is 0 Å². The van der Waals surface area contributed by atoms with Gasteiger partial charge in [-0.15, -0.1) is 0 Å². The van der Waals surface area contributed by atoms with E-state index in [1.54, 1.807) is 13.1 Å². The minimum atomic E-state index is -0.226. The van der Waals surface area contributed by atoms with Crippen LogP contribution in [0.3, 0.4) is 0 Å². The van der Waals surface area contributed by atoms with Crippen LogP contribution in [0, 0.1) is 12.7 Å². The summed E-state index contributed by atoms with van der Waals surface area (Å²) < 4.78 is 12.8. The van der Waals surface area contributed by atoms with Gasteiger partial charge in [-0.1, -0.05) is 6.07 Å². The second-order valence-electron chi connectivity index (χ2n) is 3.33. The molecule has 82 valence electrons. The van der Waals surface area contributed by atoms with Gasteiger partial charge in [-0.25, -0.2) is 9.18 Å². The molecular formula is C11H15FN2O. The molecule has 1 aromatic rings. The first-order chi connectivity index (χ1) is 7.13. The second kappa shape index (κ2) is 5.34. The van der Waals surface area contributed by atoms with Gasteiger partial charge in [0.15, 0.2) is 0 Å². The van der Waals surface area contributed by atoms with E-state index in [4.69, 9.17) is 0 Å². The second-order valence-corrected chi connectivity index (χ2v) is 3.33.